The van der Waals surface area contributed by atoms with E-state index >= 15 is 0 Å². The van der Waals surface area contributed by atoms with Crippen molar-refractivity contribution in [1.29, 1.82) is 0 Å². The number of esters is 1. The number of rotatable bonds is 18. The number of aromatic hydroxyl groups is 2. The minimum atomic E-state index is -0.394. The Morgan fingerprint density at radius 2 is 1.66 bits per heavy atom. The summed E-state index contributed by atoms with van der Waals surface area (Å²) in [5.74, 6) is -0.244. The molecular formula is C28H43NO5Si. The van der Waals surface area contributed by atoms with Crippen LogP contribution in [0.4, 0.5) is 0 Å². The second-order valence-corrected chi connectivity index (χ2v) is 10.8. The molecule has 0 bridgehead atoms. The van der Waals surface area contributed by atoms with Crippen LogP contribution in [0.5, 0.6) is 11.8 Å². The van der Waals surface area contributed by atoms with Gasteiger partial charge in [0.05, 0.1) is 12.3 Å². The quantitative estimate of drug-likeness (QED) is 0.112. The normalized spacial score (nSPS) is 11.7. The fraction of sp³-hybridized carbons (Fsp3) is 0.536. The molecule has 1 heterocycles. The van der Waals surface area contributed by atoms with Crippen molar-refractivity contribution in [1.82, 2.24) is 4.57 Å². The van der Waals surface area contributed by atoms with Crippen LogP contribution in [0, 0.1) is 0 Å². The Labute approximate surface area is 212 Å². The summed E-state index contributed by atoms with van der Waals surface area (Å²) in [4.78, 5) is 11.9. The van der Waals surface area contributed by atoms with Gasteiger partial charge < -0.3 is 19.4 Å². The Kier molecular flexibility index (Phi) is 14.0. The monoisotopic (exact) mass is 501 g/mol. The topological polar surface area (TPSA) is 80.9 Å². The second-order valence-electron chi connectivity index (χ2n) is 9.06. The number of aryl methyl sites for hydroxylation is 1. The molecule has 0 atom stereocenters. The minimum Gasteiger partial charge on any atom is -0.494 e. The largest absolute Gasteiger partial charge is 0.494 e. The second kappa shape index (κ2) is 17.0. The number of carbonyl (C=O) groups is 1. The van der Waals surface area contributed by atoms with E-state index in [1.807, 2.05) is 24.3 Å². The Bertz CT molecular complexity index is 891. The van der Waals surface area contributed by atoms with Crippen molar-refractivity contribution in [2.45, 2.75) is 83.6 Å². The number of carbonyl (C=O) groups excluding carboxylic acids is 1. The molecule has 1 aromatic carbocycles. The molecule has 0 aliphatic heterocycles. The highest BCUT2D eigenvalue weighted by Crippen LogP contribution is 2.32. The first-order valence-corrected chi connectivity index (χ1v) is 14.7. The van der Waals surface area contributed by atoms with Gasteiger partial charge in [-0.3, -0.25) is 4.57 Å². The van der Waals surface area contributed by atoms with Crippen LogP contribution in [-0.4, -0.2) is 44.2 Å². The van der Waals surface area contributed by atoms with E-state index in [2.05, 4.69) is 6.92 Å². The number of unbranched alkanes of at least 4 members (excludes halogenated alkanes) is 8. The first kappa shape index (κ1) is 28.7. The van der Waals surface area contributed by atoms with Crippen LogP contribution in [0.25, 0.3) is 11.8 Å². The third-order valence-corrected chi connectivity index (χ3v) is 7.33. The molecule has 0 radical (unpaired) electrons. The summed E-state index contributed by atoms with van der Waals surface area (Å²) in [6.45, 7) is 2.65. The van der Waals surface area contributed by atoms with E-state index in [1.54, 1.807) is 19.3 Å². The van der Waals surface area contributed by atoms with Crippen LogP contribution in [-0.2, 0) is 20.4 Å². The molecule has 2 aromatic rings. The van der Waals surface area contributed by atoms with Crippen molar-refractivity contribution in [3.8, 4) is 17.4 Å². The van der Waals surface area contributed by atoms with E-state index < -0.39 is 9.76 Å². The number of benzene rings is 1. The molecule has 35 heavy (non-hydrogen) atoms. The lowest BCUT2D eigenvalue weighted by atomic mass is 10.1. The van der Waals surface area contributed by atoms with Gasteiger partial charge in [-0.2, -0.15) is 0 Å². The predicted octanol–water partition coefficient (Wildman–Crippen LogP) is 6.06. The maximum atomic E-state index is 11.9. The standard InChI is InChI=1S/C28H43NO5Si/c1-3-4-5-6-7-8-9-10-13-24-22-26(30)29(28(24)32)25-17-14-23(15-18-25)16-19-27(31)34-20-11-12-21-35-33-2/h14-19,22,30,32H,3-13,20-21,35H2,1-2H3. The fourth-order valence-electron chi connectivity index (χ4n) is 4.07. The average Bonchev–Trinajstić information content (AvgIpc) is 3.14. The summed E-state index contributed by atoms with van der Waals surface area (Å²) in [6.07, 6.45) is 15.6. The lowest BCUT2D eigenvalue weighted by Crippen LogP contribution is -2.03. The van der Waals surface area contributed by atoms with E-state index in [0.29, 0.717) is 12.3 Å². The molecule has 2 rings (SSSR count). The van der Waals surface area contributed by atoms with Crippen molar-refractivity contribution in [2.24, 2.45) is 0 Å². The van der Waals surface area contributed by atoms with E-state index in [0.717, 1.165) is 49.3 Å². The molecule has 0 saturated carbocycles. The molecule has 0 unspecified atom stereocenters. The molecule has 0 aliphatic carbocycles. The molecule has 1 aromatic heterocycles. The molecule has 0 spiro atoms. The van der Waals surface area contributed by atoms with Crippen molar-refractivity contribution in [2.75, 3.05) is 13.7 Å². The van der Waals surface area contributed by atoms with Gasteiger partial charge in [-0.25, -0.2) is 4.79 Å². The third-order valence-electron chi connectivity index (χ3n) is 6.13. The highest BCUT2D eigenvalue weighted by molar-refractivity contribution is 6.26. The number of ether oxygens (including phenoxy) is 1. The van der Waals surface area contributed by atoms with E-state index in [9.17, 15) is 15.0 Å². The maximum Gasteiger partial charge on any atom is 0.330 e. The van der Waals surface area contributed by atoms with E-state index in [1.165, 1.54) is 49.2 Å². The SMILES string of the molecule is CCCCCCCCCCc1cc(O)n(-c2ccc(C=CC(=O)OCCCC[SiH2]OC)cc2)c1O. The van der Waals surface area contributed by atoms with Gasteiger partial charge in [-0.05, 0) is 49.1 Å². The lowest BCUT2D eigenvalue weighted by molar-refractivity contribution is -0.137. The molecule has 7 heteroatoms. The average molecular weight is 502 g/mol. The summed E-state index contributed by atoms with van der Waals surface area (Å²) < 4.78 is 11.8. The van der Waals surface area contributed by atoms with Crippen molar-refractivity contribution >= 4 is 21.8 Å². The molecule has 194 valence electrons. The highest BCUT2D eigenvalue weighted by atomic mass is 28.2. The zero-order valence-electron chi connectivity index (χ0n) is 21.5. The molecule has 0 aliphatic rings. The van der Waals surface area contributed by atoms with Gasteiger partial charge in [-0.15, -0.1) is 0 Å². The zero-order chi connectivity index (χ0) is 25.3. The summed E-state index contributed by atoms with van der Waals surface area (Å²) in [5.41, 5.74) is 2.27. The summed E-state index contributed by atoms with van der Waals surface area (Å²) in [7, 11) is 1.35. The Morgan fingerprint density at radius 1 is 0.971 bits per heavy atom. The first-order chi connectivity index (χ1) is 17.1. The van der Waals surface area contributed by atoms with Crippen LogP contribution in [0.15, 0.2) is 36.4 Å². The Balaban J connectivity index is 1.81. The van der Waals surface area contributed by atoms with Gasteiger partial charge in [0.2, 0.25) is 5.88 Å². The maximum absolute atomic E-state index is 11.9. The van der Waals surface area contributed by atoms with Crippen molar-refractivity contribution < 1.29 is 24.2 Å². The van der Waals surface area contributed by atoms with Crippen LogP contribution < -0.4 is 0 Å². The van der Waals surface area contributed by atoms with Crippen LogP contribution in [0.1, 0.15) is 82.3 Å². The number of hydrogen-bond donors (Lipinski definition) is 2. The van der Waals surface area contributed by atoms with Crippen LogP contribution in [0.3, 0.4) is 0 Å². The van der Waals surface area contributed by atoms with Gasteiger partial charge in [0.1, 0.15) is 0 Å². The molecule has 0 amide bonds. The number of aromatic nitrogens is 1. The predicted molar refractivity (Wildman–Crippen MR) is 145 cm³/mol. The van der Waals surface area contributed by atoms with Gasteiger partial charge in [0.25, 0.3) is 0 Å². The smallest absolute Gasteiger partial charge is 0.330 e. The first-order valence-electron chi connectivity index (χ1n) is 13.1. The Morgan fingerprint density at radius 3 is 2.34 bits per heavy atom. The van der Waals surface area contributed by atoms with Gasteiger partial charge in [0, 0.05) is 24.8 Å². The number of nitrogens with zero attached hydrogens (tertiary/aromatic N) is 1. The molecule has 6 nitrogen and oxygen atoms in total. The van der Waals surface area contributed by atoms with E-state index in [4.69, 9.17) is 9.16 Å². The molecule has 2 N–H and O–H groups in total. The van der Waals surface area contributed by atoms with E-state index in [-0.39, 0.29) is 17.7 Å². The molecule has 0 fully saturated rings. The van der Waals surface area contributed by atoms with Gasteiger partial charge >= 0.3 is 5.97 Å². The zero-order valence-corrected chi connectivity index (χ0v) is 22.9. The highest BCUT2D eigenvalue weighted by Gasteiger charge is 2.15. The molecule has 0 saturated heterocycles. The van der Waals surface area contributed by atoms with Crippen molar-refractivity contribution in [3.63, 3.8) is 0 Å². The minimum absolute atomic E-state index is 0.0251. The summed E-state index contributed by atoms with van der Waals surface area (Å²) in [6, 6.07) is 10.0. The Hall–Kier alpha value is -2.51. The van der Waals surface area contributed by atoms with Crippen LogP contribution in [0.2, 0.25) is 6.04 Å². The van der Waals surface area contributed by atoms with Crippen molar-refractivity contribution in [3.05, 3.63) is 47.5 Å². The lowest BCUT2D eigenvalue weighted by Gasteiger charge is -2.08. The fourth-order valence-corrected chi connectivity index (χ4v) is 4.92. The molecular weight excluding hydrogens is 458 g/mol. The summed E-state index contributed by atoms with van der Waals surface area (Å²) in [5, 5.41) is 21.1. The van der Waals surface area contributed by atoms with Gasteiger partial charge in [0.15, 0.2) is 15.6 Å². The van der Waals surface area contributed by atoms with Gasteiger partial charge in [-0.1, -0.05) is 70.4 Å². The number of hydrogen-bond acceptors (Lipinski definition) is 5. The third kappa shape index (κ3) is 10.7. The summed E-state index contributed by atoms with van der Waals surface area (Å²) >= 11 is 0. The van der Waals surface area contributed by atoms with Crippen LogP contribution >= 0.6 is 0 Å².